The average Bonchev–Trinajstić information content (AvgIpc) is 2.86. The molecule has 0 bridgehead atoms. The molecule has 0 N–H and O–H groups in total. The van der Waals surface area contributed by atoms with Crippen molar-refractivity contribution < 1.29 is 13.5 Å². The van der Waals surface area contributed by atoms with Gasteiger partial charge in [0.1, 0.15) is 5.82 Å². The van der Waals surface area contributed by atoms with E-state index in [4.69, 9.17) is 20.8 Å². The highest BCUT2D eigenvalue weighted by atomic mass is 35.5. The van der Waals surface area contributed by atoms with Gasteiger partial charge < -0.3 is 9.15 Å². The number of rotatable bonds is 6. The summed E-state index contributed by atoms with van der Waals surface area (Å²) >= 11 is 7.39. The molecule has 0 spiro atoms. The van der Waals surface area contributed by atoms with Crippen LogP contribution in [0.4, 0.5) is 4.39 Å². The lowest BCUT2D eigenvalue weighted by atomic mass is 10.1. The van der Waals surface area contributed by atoms with Gasteiger partial charge in [-0.2, -0.15) is 0 Å². The Hall–Kier alpha value is -1.11. The molecular formula is C15H18ClFN2O2S. The minimum atomic E-state index is -0.376. The molecule has 120 valence electrons. The van der Waals surface area contributed by atoms with Gasteiger partial charge in [0, 0.05) is 16.3 Å². The van der Waals surface area contributed by atoms with Crippen LogP contribution in [0.1, 0.15) is 32.2 Å². The molecule has 0 aliphatic carbocycles. The Morgan fingerprint density at radius 3 is 2.77 bits per heavy atom. The maximum absolute atomic E-state index is 13.7. The van der Waals surface area contributed by atoms with Crippen molar-refractivity contribution in [3.63, 3.8) is 0 Å². The molecule has 4 nitrogen and oxygen atoms in total. The Bertz CT molecular complexity index is 608. The lowest BCUT2D eigenvalue weighted by molar-refractivity contribution is 0.00688. The van der Waals surface area contributed by atoms with Crippen LogP contribution in [-0.2, 0) is 11.2 Å². The number of nitrogens with zero attached hydrogens (tertiary/aromatic N) is 2. The molecule has 0 aliphatic rings. The third-order valence-corrected chi connectivity index (χ3v) is 3.82. The molecule has 0 aliphatic heterocycles. The second-order valence-corrected chi connectivity index (χ2v) is 7.10. The summed E-state index contributed by atoms with van der Waals surface area (Å²) in [6.07, 6.45) is 0.178. The van der Waals surface area contributed by atoms with Crippen molar-refractivity contribution in [2.24, 2.45) is 0 Å². The summed E-state index contributed by atoms with van der Waals surface area (Å²) in [5.74, 6) is 0.670. The second-order valence-electron chi connectivity index (χ2n) is 5.65. The lowest BCUT2D eigenvalue weighted by Gasteiger charge is -2.18. The molecule has 0 saturated carbocycles. The van der Waals surface area contributed by atoms with Gasteiger partial charge in [-0.05, 0) is 32.9 Å². The minimum absolute atomic E-state index is 0.165. The smallest absolute Gasteiger partial charge is 0.276 e. The standard InChI is InChI=1S/C15H18ClFN2O2S/c1-15(2,3)20-7-8-22-14-19-18-13(21-14)9-10-11(16)5-4-6-12(10)17/h4-6H,7-9H2,1-3H3. The van der Waals surface area contributed by atoms with E-state index < -0.39 is 0 Å². The van der Waals surface area contributed by atoms with E-state index in [1.54, 1.807) is 12.1 Å². The molecule has 0 atom stereocenters. The first-order chi connectivity index (χ1) is 10.3. The maximum atomic E-state index is 13.7. The maximum Gasteiger partial charge on any atom is 0.276 e. The van der Waals surface area contributed by atoms with Crippen LogP contribution in [0.15, 0.2) is 27.8 Å². The van der Waals surface area contributed by atoms with Crippen molar-refractivity contribution in [3.8, 4) is 0 Å². The average molecular weight is 345 g/mol. The summed E-state index contributed by atoms with van der Waals surface area (Å²) in [5, 5.41) is 8.65. The molecule has 0 saturated heterocycles. The molecule has 0 unspecified atom stereocenters. The van der Waals surface area contributed by atoms with Crippen molar-refractivity contribution in [2.75, 3.05) is 12.4 Å². The fourth-order valence-corrected chi connectivity index (χ4v) is 2.52. The van der Waals surface area contributed by atoms with Crippen LogP contribution in [0.2, 0.25) is 5.02 Å². The van der Waals surface area contributed by atoms with Gasteiger partial charge in [0.05, 0.1) is 18.6 Å². The SMILES string of the molecule is CC(C)(C)OCCSc1nnc(Cc2c(F)cccc2Cl)o1. The highest BCUT2D eigenvalue weighted by Gasteiger charge is 2.14. The van der Waals surface area contributed by atoms with Gasteiger partial charge in [-0.25, -0.2) is 4.39 Å². The molecule has 7 heteroatoms. The molecule has 22 heavy (non-hydrogen) atoms. The van der Waals surface area contributed by atoms with Crippen LogP contribution in [0.3, 0.4) is 0 Å². The molecule has 0 radical (unpaired) electrons. The van der Waals surface area contributed by atoms with Crippen LogP contribution in [0, 0.1) is 5.82 Å². The van der Waals surface area contributed by atoms with Gasteiger partial charge >= 0.3 is 0 Å². The largest absolute Gasteiger partial charge is 0.416 e. The Morgan fingerprint density at radius 1 is 1.32 bits per heavy atom. The van der Waals surface area contributed by atoms with Crippen LogP contribution >= 0.6 is 23.4 Å². The third kappa shape index (κ3) is 5.26. The van der Waals surface area contributed by atoms with E-state index in [-0.39, 0.29) is 17.8 Å². The van der Waals surface area contributed by atoms with Crippen molar-refractivity contribution in [3.05, 3.63) is 40.5 Å². The molecule has 0 fully saturated rings. The van der Waals surface area contributed by atoms with Gasteiger partial charge in [-0.3, -0.25) is 0 Å². The van der Waals surface area contributed by atoms with E-state index in [9.17, 15) is 4.39 Å². The van der Waals surface area contributed by atoms with Crippen molar-refractivity contribution in [2.45, 2.75) is 38.0 Å². The van der Waals surface area contributed by atoms with Crippen molar-refractivity contribution in [1.82, 2.24) is 10.2 Å². The summed E-state index contributed by atoms with van der Waals surface area (Å²) in [4.78, 5) is 0. The number of hydrogen-bond acceptors (Lipinski definition) is 5. The highest BCUT2D eigenvalue weighted by Crippen LogP contribution is 2.23. The number of ether oxygens (including phenoxy) is 1. The normalized spacial score (nSPS) is 11.9. The van der Waals surface area contributed by atoms with E-state index in [1.807, 2.05) is 20.8 Å². The van der Waals surface area contributed by atoms with Gasteiger partial charge in [-0.15, -0.1) is 10.2 Å². The first-order valence-corrected chi connectivity index (χ1v) is 8.23. The van der Waals surface area contributed by atoms with Crippen LogP contribution < -0.4 is 0 Å². The molecule has 2 rings (SSSR count). The predicted octanol–water partition coefficient (Wildman–Crippen LogP) is 4.36. The fraction of sp³-hybridized carbons (Fsp3) is 0.467. The van der Waals surface area contributed by atoms with E-state index in [0.717, 1.165) is 0 Å². The topological polar surface area (TPSA) is 48.2 Å². The minimum Gasteiger partial charge on any atom is -0.416 e. The molecule has 0 amide bonds. The number of thioether (sulfide) groups is 1. The Kier molecular flexibility index (Phi) is 5.83. The molecule has 2 aromatic rings. The van der Waals surface area contributed by atoms with E-state index in [2.05, 4.69) is 10.2 Å². The van der Waals surface area contributed by atoms with Gasteiger partial charge in [0.15, 0.2) is 0 Å². The molecule has 1 aromatic heterocycles. The number of benzene rings is 1. The zero-order chi connectivity index (χ0) is 16.2. The third-order valence-electron chi connectivity index (χ3n) is 2.68. The fourth-order valence-electron chi connectivity index (χ4n) is 1.70. The van der Waals surface area contributed by atoms with Gasteiger partial charge in [0.2, 0.25) is 5.89 Å². The Balaban J connectivity index is 1.89. The van der Waals surface area contributed by atoms with Crippen LogP contribution in [-0.4, -0.2) is 28.2 Å². The number of halogens is 2. The van der Waals surface area contributed by atoms with E-state index in [0.29, 0.717) is 34.1 Å². The highest BCUT2D eigenvalue weighted by molar-refractivity contribution is 7.99. The summed E-state index contributed by atoms with van der Waals surface area (Å²) in [6, 6.07) is 4.55. The first kappa shape index (κ1) is 17.2. The summed E-state index contributed by atoms with van der Waals surface area (Å²) < 4.78 is 24.8. The molecular weight excluding hydrogens is 327 g/mol. The quantitative estimate of drug-likeness (QED) is 0.575. The summed E-state index contributed by atoms with van der Waals surface area (Å²) in [6.45, 7) is 6.59. The van der Waals surface area contributed by atoms with Crippen molar-refractivity contribution in [1.29, 1.82) is 0 Å². The van der Waals surface area contributed by atoms with Gasteiger partial charge in [0.25, 0.3) is 5.22 Å². The van der Waals surface area contributed by atoms with Crippen LogP contribution in [0.25, 0.3) is 0 Å². The van der Waals surface area contributed by atoms with E-state index in [1.165, 1.54) is 17.8 Å². The zero-order valence-corrected chi connectivity index (χ0v) is 14.3. The number of hydrogen-bond donors (Lipinski definition) is 0. The first-order valence-electron chi connectivity index (χ1n) is 6.87. The molecule has 1 heterocycles. The Labute approximate surface area is 138 Å². The zero-order valence-electron chi connectivity index (χ0n) is 12.7. The van der Waals surface area contributed by atoms with E-state index >= 15 is 0 Å². The predicted molar refractivity (Wildman–Crippen MR) is 84.9 cm³/mol. The second kappa shape index (κ2) is 7.44. The molecule has 1 aromatic carbocycles. The Morgan fingerprint density at radius 2 is 2.09 bits per heavy atom. The monoisotopic (exact) mass is 344 g/mol. The van der Waals surface area contributed by atoms with Crippen LogP contribution in [0.5, 0.6) is 0 Å². The van der Waals surface area contributed by atoms with Gasteiger partial charge in [-0.1, -0.05) is 29.4 Å². The number of aromatic nitrogens is 2. The lowest BCUT2D eigenvalue weighted by Crippen LogP contribution is -2.20. The summed E-state index contributed by atoms with van der Waals surface area (Å²) in [7, 11) is 0. The summed E-state index contributed by atoms with van der Waals surface area (Å²) in [5.41, 5.74) is 0.197. The van der Waals surface area contributed by atoms with Crippen molar-refractivity contribution >= 4 is 23.4 Å².